The van der Waals surface area contributed by atoms with E-state index in [9.17, 15) is 14.3 Å². The van der Waals surface area contributed by atoms with Crippen LogP contribution in [-0.4, -0.2) is 53.6 Å². The van der Waals surface area contributed by atoms with Crippen LogP contribution in [0, 0.1) is 5.82 Å². The van der Waals surface area contributed by atoms with Gasteiger partial charge in [0.15, 0.2) is 6.61 Å². The molecule has 1 N–H and O–H groups in total. The van der Waals surface area contributed by atoms with Gasteiger partial charge in [0.05, 0.1) is 5.60 Å². The third-order valence-electron chi connectivity index (χ3n) is 6.21. The highest BCUT2D eigenvalue weighted by Gasteiger charge is 2.35. The maximum atomic E-state index is 14.1. The lowest BCUT2D eigenvalue weighted by atomic mass is 9.84. The Bertz CT molecular complexity index is 857. The zero-order valence-corrected chi connectivity index (χ0v) is 17.2. The van der Waals surface area contributed by atoms with Gasteiger partial charge in [0.2, 0.25) is 0 Å². The highest BCUT2D eigenvalue weighted by Crippen LogP contribution is 2.34. The van der Waals surface area contributed by atoms with Crippen molar-refractivity contribution in [3.05, 3.63) is 65.5 Å². The predicted molar refractivity (Wildman–Crippen MR) is 113 cm³/mol. The SMILES string of the molecule is O=C(COc1ccc(CN2CCC(O)(c3ccccc3F)CC2)cc1)N1CCCC1. The molecule has 0 aliphatic carbocycles. The fourth-order valence-electron chi connectivity index (χ4n) is 4.34. The minimum atomic E-state index is -1.10. The number of rotatable bonds is 6. The molecule has 2 aromatic rings. The minimum absolute atomic E-state index is 0.0484. The van der Waals surface area contributed by atoms with Gasteiger partial charge in [-0.25, -0.2) is 4.39 Å². The Balaban J connectivity index is 1.26. The van der Waals surface area contributed by atoms with Crippen molar-refractivity contribution in [3.63, 3.8) is 0 Å². The Kier molecular flexibility index (Phi) is 6.35. The molecule has 2 aromatic carbocycles. The fourth-order valence-corrected chi connectivity index (χ4v) is 4.34. The first-order chi connectivity index (χ1) is 14.5. The molecule has 0 saturated carbocycles. The Morgan fingerprint density at radius 3 is 2.33 bits per heavy atom. The topological polar surface area (TPSA) is 53.0 Å². The smallest absolute Gasteiger partial charge is 0.260 e. The van der Waals surface area contributed by atoms with Crippen LogP contribution in [0.3, 0.4) is 0 Å². The molecule has 0 atom stereocenters. The van der Waals surface area contributed by atoms with E-state index in [-0.39, 0.29) is 18.3 Å². The quantitative estimate of drug-likeness (QED) is 0.791. The summed E-state index contributed by atoms with van der Waals surface area (Å²) in [6.45, 7) is 3.92. The first-order valence-corrected chi connectivity index (χ1v) is 10.7. The van der Waals surface area contributed by atoms with Gasteiger partial charge in [-0.05, 0) is 49.4 Å². The Hall–Kier alpha value is -2.44. The lowest BCUT2D eigenvalue weighted by molar-refractivity contribution is -0.132. The molecule has 2 heterocycles. The molecule has 160 valence electrons. The van der Waals surface area contributed by atoms with E-state index in [1.165, 1.54) is 6.07 Å². The number of hydrogen-bond donors (Lipinski definition) is 1. The summed E-state index contributed by atoms with van der Waals surface area (Å²) in [6.07, 6.45) is 3.17. The number of nitrogens with zero attached hydrogens (tertiary/aromatic N) is 2. The van der Waals surface area contributed by atoms with E-state index in [1.54, 1.807) is 18.2 Å². The monoisotopic (exact) mass is 412 g/mol. The lowest BCUT2D eigenvalue weighted by Crippen LogP contribution is -2.42. The van der Waals surface area contributed by atoms with E-state index >= 15 is 0 Å². The van der Waals surface area contributed by atoms with Crippen LogP contribution in [-0.2, 0) is 16.9 Å². The van der Waals surface area contributed by atoms with E-state index in [4.69, 9.17) is 4.74 Å². The highest BCUT2D eigenvalue weighted by molar-refractivity contribution is 5.78. The zero-order valence-electron chi connectivity index (χ0n) is 17.2. The molecule has 30 heavy (non-hydrogen) atoms. The summed E-state index contributed by atoms with van der Waals surface area (Å²) in [5.74, 6) is 0.401. The molecule has 0 aromatic heterocycles. The summed E-state index contributed by atoms with van der Waals surface area (Å²) in [5.41, 5.74) is 0.445. The highest BCUT2D eigenvalue weighted by atomic mass is 19.1. The number of ether oxygens (including phenoxy) is 1. The second-order valence-corrected chi connectivity index (χ2v) is 8.31. The number of halogens is 1. The normalized spacial score (nSPS) is 19.1. The van der Waals surface area contributed by atoms with Crippen molar-refractivity contribution in [2.24, 2.45) is 0 Å². The molecular weight excluding hydrogens is 383 g/mol. The van der Waals surface area contributed by atoms with Gasteiger partial charge < -0.3 is 14.7 Å². The molecule has 0 spiro atoms. The number of piperidine rings is 1. The number of likely N-dealkylation sites (tertiary alicyclic amines) is 2. The summed E-state index contributed by atoms with van der Waals surface area (Å²) in [5, 5.41) is 10.9. The van der Waals surface area contributed by atoms with Crippen LogP contribution in [0.2, 0.25) is 0 Å². The van der Waals surface area contributed by atoms with Crippen molar-refractivity contribution in [1.82, 2.24) is 9.80 Å². The molecule has 0 radical (unpaired) electrons. The van der Waals surface area contributed by atoms with Crippen LogP contribution >= 0.6 is 0 Å². The molecule has 0 unspecified atom stereocenters. The van der Waals surface area contributed by atoms with Gasteiger partial charge in [0.25, 0.3) is 5.91 Å². The van der Waals surface area contributed by atoms with Crippen LogP contribution in [0.5, 0.6) is 5.75 Å². The third-order valence-corrected chi connectivity index (χ3v) is 6.21. The van der Waals surface area contributed by atoms with Crippen molar-refractivity contribution in [1.29, 1.82) is 0 Å². The molecule has 2 fully saturated rings. The van der Waals surface area contributed by atoms with Crippen LogP contribution in [0.1, 0.15) is 36.8 Å². The molecule has 5 nitrogen and oxygen atoms in total. The number of carbonyl (C=O) groups is 1. The molecule has 2 aliphatic rings. The Morgan fingerprint density at radius 2 is 1.67 bits per heavy atom. The maximum absolute atomic E-state index is 14.1. The molecule has 2 saturated heterocycles. The first kappa shape index (κ1) is 20.8. The molecule has 6 heteroatoms. The van der Waals surface area contributed by atoms with Gasteiger partial charge in [0.1, 0.15) is 11.6 Å². The van der Waals surface area contributed by atoms with Crippen molar-refractivity contribution in [2.45, 2.75) is 37.8 Å². The second kappa shape index (κ2) is 9.14. The molecule has 1 amide bonds. The van der Waals surface area contributed by atoms with Crippen LogP contribution in [0.25, 0.3) is 0 Å². The molecule has 2 aliphatic heterocycles. The average Bonchev–Trinajstić information content (AvgIpc) is 3.30. The minimum Gasteiger partial charge on any atom is -0.484 e. The Labute approximate surface area is 177 Å². The van der Waals surface area contributed by atoms with Gasteiger partial charge in [0, 0.05) is 38.3 Å². The zero-order chi connectivity index (χ0) is 21.0. The van der Waals surface area contributed by atoms with Crippen molar-refractivity contribution in [3.8, 4) is 5.75 Å². The largest absolute Gasteiger partial charge is 0.484 e. The van der Waals surface area contributed by atoms with Crippen LogP contribution in [0.15, 0.2) is 48.5 Å². The number of benzene rings is 2. The summed E-state index contributed by atoms with van der Waals surface area (Å²) < 4.78 is 19.7. The predicted octanol–water partition coefficient (Wildman–Crippen LogP) is 3.31. The standard InChI is InChI=1S/C24H29FN2O3/c25-22-6-2-1-5-21(22)24(29)11-15-26(16-12-24)17-19-7-9-20(10-8-19)30-18-23(28)27-13-3-4-14-27/h1-2,5-10,29H,3-4,11-18H2. The van der Waals surface area contributed by atoms with Gasteiger partial charge in [-0.1, -0.05) is 30.3 Å². The number of carbonyl (C=O) groups excluding carboxylic acids is 1. The fraction of sp³-hybridized carbons (Fsp3) is 0.458. The average molecular weight is 413 g/mol. The van der Waals surface area contributed by atoms with Crippen molar-refractivity contribution < 1.29 is 19.0 Å². The maximum Gasteiger partial charge on any atom is 0.260 e. The van der Waals surface area contributed by atoms with Crippen molar-refractivity contribution in [2.75, 3.05) is 32.8 Å². The van der Waals surface area contributed by atoms with Crippen LogP contribution < -0.4 is 4.74 Å². The van der Waals surface area contributed by atoms with Crippen molar-refractivity contribution >= 4 is 5.91 Å². The summed E-state index contributed by atoms with van der Waals surface area (Å²) in [6, 6.07) is 14.3. The van der Waals surface area contributed by atoms with E-state index in [1.807, 2.05) is 29.2 Å². The molecular formula is C24H29FN2O3. The summed E-state index contributed by atoms with van der Waals surface area (Å²) in [4.78, 5) is 16.2. The second-order valence-electron chi connectivity index (χ2n) is 8.31. The summed E-state index contributed by atoms with van der Waals surface area (Å²) >= 11 is 0. The van der Waals surface area contributed by atoms with Gasteiger partial charge >= 0.3 is 0 Å². The molecule has 4 rings (SSSR count). The number of hydrogen-bond acceptors (Lipinski definition) is 4. The van der Waals surface area contributed by atoms with E-state index in [0.717, 1.165) is 38.0 Å². The Morgan fingerprint density at radius 1 is 1.00 bits per heavy atom. The summed E-state index contributed by atoms with van der Waals surface area (Å²) in [7, 11) is 0. The van der Waals surface area contributed by atoms with Crippen LogP contribution in [0.4, 0.5) is 4.39 Å². The first-order valence-electron chi connectivity index (χ1n) is 10.7. The molecule has 0 bridgehead atoms. The van der Waals surface area contributed by atoms with Gasteiger partial charge in [-0.2, -0.15) is 0 Å². The number of amides is 1. The van der Waals surface area contributed by atoms with Gasteiger partial charge in [-0.3, -0.25) is 9.69 Å². The number of aliphatic hydroxyl groups is 1. The van der Waals surface area contributed by atoms with E-state index in [2.05, 4.69) is 4.90 Å². The van der Waals surface area contributed by atoms with Gasteiger partial charge in [-0.15, -0.1) is 0 Å². The van der Waals surface area contributed by atoms with E-state index < -0.39 is 5.60 Å². The van der Waals surface area contributed by atoms with E-state index in [0.29, 0.717) is 37.2 Å². The lowest BCUT2D eigenvalue weighted by Gasteiger charge is -2.38. The third kappa shape index (κ3) is 4.82.